The number of likely N-dealkylation sites (N-methyl/N-ethyl adjacent to an activating group) is 1. The lowest BCUT2D eigenvalue weighted by Crippen LogP contribution is -2.39. The predicted molar refractivity (Wildman–Crippen MR) is 160 cm³/mol. The molecule has 44 heavy (non-hydrogen) atoms. The van der Waals surface area contributed by atoms with E-state index >= 15 is 0 Å². The minimum absolute atomic E-state index is 0.0996. The molecule has 0 radical (unpaired) electrons. The molecular formula is C34H34F4N2O4. The second-order valence-corrected chi connectivity index (χ2v) is 10.3. The van der Waals surface area contributed by atoms with Gasteiger partial charge in [-0.25, -0.2) is 17.6 Å². The lowest BCUT2D eigenvalue weighted by molar-refractivity contribution is -0.113. The minimum Gasteiger partial charge on any atom is -0.493 e. The smallest absolute Gasteiger partial charge is 0.251 e. The largest absolute Gasteiger partial charge is 0.493 e. The summed E-state index contributed by atoms with van der Waals surface area (Å²) in [7, 11) is 1.48. The molecule has 4 rings (SSSR count). The number of hydrogen-bond donors (Lipinski definition) is 1. The van der Waals surface area contributed by atoms with Gasteiger partial charge in [-0.1, -0.05) is 26.0 Å². The molecule has 0 unspecified atom stereocenters. The molecular weight excluding hydrogens is 576 g/mol. The summed E-state index contributed by atoms with van der Waals surface area (Å²) in [6.07, 6.45) is 3.05. The highest BCUT2D eigenvalue weighted by molar-refractivity contribution is 6.14. The SMILES string of the molecule is CCN(CC)CCOc1ccc(C(=O)NC2C/C(=C\c3ccc(F)c(F)c3)C(=O)/C(=C/c3ccc(F)c(F)c3)C2)cc1OC. The molecule has 1 saturated carbocycles. The lowest BCUT2D eigenvalue weighted by Gasteiger charge is -2.27. The molecule has 0 heterocycles. The molecule has 6 nitrogen and oxygen atoms in total. The summed E-state index contributed by atoms with van der Waals surface area (Å²) in [5.41, 5.74) is 1.28. The van der Waals surface area contributed by atoms with Gasteiger partial charge in [0.2, 0.25) is 0 Å². The quantitative estimate of drug-likeness (QED) is 0.196. The van der Waals surface area contributed by atoms with Crippen molar-refractivity contribution in [2.75, 3.05) is 33.4 Å². The third-order valence-electron chi connectivity index (χ3n) is 7.41. The normalized spacial score (nSPS) is 16.9. The molecule has 1 N–H and O–H groups in total. The van der Waals surface area contributed by atoms with Crippen molar-refractivity contribution in [1.29, 1.82) is 0 Å². The molecule has 1 amide bonds. The number of ketones is 1. The van der Waals surface area contributed by atoms with Crippen LogP contribution >= 0.6 is 0 Å². The Morgan fingerprint density at radius 3 is 1.91 bits per heavy atom. The van der Waals surface area contributed by atoms with Gasteiger partial charge < -0.3 is 19.7 Å². The molecule has 1 aliphatic carbocycles. The molecule has 1 aliphatic rings. The van der Waals surface area contributed by atoms with E-state index in [1.165, 1.54) is 31.4 Å². The summed E-state index contributed by atoms with van der Waals surface area (Å²) < 4.78 is 66.1. The van der Waals surface area contributed by atoms with Crippen molar-refractivity contribution in [1.82, 2.24) is 10.2 Å². The third kappa shape index (κ3) is 8.13. The van der Waals surface area contributed by atoms with Crippen molar-refractivity contribution in [2.24, 2.45) is 0 Å². The first-order valence-electron chi connectivity index (χ1n) is 14.3. The Kier molecular flexibility index (Phi) is 10.9. The van der Waals surface area contributed by atoms with Crippen molar-refractivity contribution >= 4 is 23.8 Å². The van der Waals surface area contributed by atoms with Crippen LogP contribution < -0.4 is 14.8 Å². The predicted octanol–water partition coefficient (Wildman–Crippen LogP) is 6.60. The zero-order valence-corrected chi connectivity index (χ0v) is 24.8. The van der Waals surface area contributed by atoms with Gasteiger partial charge in [-0.15, -0.1) is 0 Å². The fourth-order valence-corrected chi connectivity index (χ4v) is 4.97. The highest BCUT2D eigenvalue weighted by atomic mass is 19.2. The number of rotatable bonds is 11. The summed E-state index contributed by atoms with van der Waals surface area (Å²) >= 11 is 0. The fraction of sp³-hybridized carbons (Fsp3) is 0.294. The molecule has 0 bridgehead atoms. The Labute approximate surface area is 254 Å². The van der Waals surface area contributed by atoms with E-state index in [4.69, 9.17) is 9.47 Å². The molecule has 10 heteroatoms. The lowest BCUT2D eigenvalue weighted by atomic mass is 9.83. The average Bonchev–Trinajstić information content (AvgIpc) is 3.01. The summed E-state index contributed by atoms with van der Waals surface area (Å²) in [5, 5.41) is 2.93. The maximum absolute atomic E-state index is 13.9. The second-order valence-electron chi connectivity index (χ2n) is 10.3. The number of amides is 1. The van der Waals surface area contributed by atoms with E-state index in [2.05, 4.69) is 24.1 Å². The molecule has 3 aromatic rings. The molecule has 0 aromatic heterocycles. The molecule has 0 saturated heterocycles. The van der Waals surface area contributed by atoms with Gasteiger partial charge in [0.15, 0.2) is 40.6 Å². The van der Waals surface area contributed by atoms with Crippen molar-refractivity contribution in [2.45, 2.75) is 32.7 Å². The third-order valence-corrected chi connectivity index (χ3v) is 7.41. The van der Waals surface area contributed by atoms with E-state index in [-0.39, 0.29) is 35.1 Å². The number of nitrogens with zero attached hydrogens (tertiary/aromatic N) is 1. The Hall–Kier alpha value is -4.44. The molecule has 0 spiro atoms. The van der Waals surface area contributed by atoms with E-state index in [0.717, 1.165) is 43.9 Å². The monoisotopic (exact) mass is 610 g/mol. The number of nitrogens with one attached hydrogen (secondary N) is 1. The molecule has 0 atom stereocenters. The Morgan fingerprint density at radius 2 is 1.41 bits per heavy atom. The van der Waals surface area contributed by atoms with Gasteiger partial charge in [-0.3, -0.25) is 9.59 Å². The van der Waals surface area contributed by atoms with E-state index < -0.39 is 41.0 Å². The molecule has 3 aromatic carbocycles. The van der Waals surface area contributed by atoms with Gasteiger partial charge in [-0.05, 0) is 91.7 Å². The van der Waals surface area contributed by atoms with E-state index in [0.29, 0.717) is 23.7 Å². The van der Waals surface area contributed by atoms with Crippen molar-refractivity contribution in [3.8, 4) is 11.5 Å². The van der Waals surface area contributed by atoms with Crippen molar-refractivity contribution in [3.05, 3.63) is 106 Å². The van der Waals surface area contributed by atoms with Gasteiger partial charge in [-0.2, -0.15) is 0 Å². The first kappa shape index (κ1) is 32.5. The van der Waals surface area contributed by atoms with Gasteiger partial charge >= 0.3 is 0 Å². The number of Topliss-reactive ketones (excluding diaryl/α,β-unsaturated/α-hetero) is 1. The topological polar surface area (TPSA) is 67.9 Å². The van der Waals surface area contributed by atoms with Crippen molar-refractivity contribution < 1.29 is 36.6 Å². The maximum Gasteiger partial charge on any atom is 0.251 e. The summed E-state index contributed by atoms with van der Waals surface area (Å²) in [6.45, 7) is 7.13. The van der Waals surface area contributed by atoms with E-state index in [9.17, 15) is 27.2 Å². The minimum atomic E-state index is -1.07. The Balaban J connectivity index is 1.58. The summed E-state index contributed by atoms with van der Waals surface area (Å²) in [4.78, 5) is 29.0. The van der Waals surface area contributed by atoms with Crippen LogP contribution in [0.2, 0.25) is 0 Å². The maximum atomic E-state index is 13.9. The van der Waals surface area contributed by atoms with E-state index in [1.54, 1.807) is 18.2 Å². The second kappa shape index (κ2) is 14.8. The number of ether oxygens (including phenoxy) is 2. The zero-order valence-electron chi connectivity index (χ0n) is 24.8. The highest BCUT2D eigenvalue weighted by Gasteiger charge is 2.29. The number of benzene rings is 3. The molecule has 1 fully saturated rings. The first-order chi connectivity index (χ1) is 21.1. The number of carbonyl (C=O) groups is 2. The van der Waals surface area contributed by atoms with Crippen LogP contribution in [0.25, 0.3) is 12.2 Å². The van der Waals surface area contributed by atoms with Crippen LogP contribution in [0, 0.1) is 23.3 Å². The van der Waals surface area contributed by atoms with Gasteiger partial charge in [0.05, 0.1) is 7.11 Å². The molecule has 232 valence electrons. The van der Waals surface area contributed by atoms with Crippen LogP contribution in [0.3, 0.4) is 0 Å². The van der Waals surface area contributed by atoms with Crippen LogP contribution in [-0.2, 0) is 4.79 Å². The van der Waals surface area contributed by atoms with Crippen molar-refractivity contribution in [3.63, 3.8) is 0 Å². The fourth-order valence-electron chi connectivity index (χ4n) is 4.97. The Morgan fingerprint density at radius 1 is 0.841 bits per heavy atom. The van der Waals surface area contributed by atoms with Crippen LogP contribution in [-0.4, -0.2) is 56.0 Å². The van der Waals surface area contributed by atoms with Crippen LogP contribution in [0.4, 0.5) is 17.6 Å². The highest BCUT2D eigenvalue weighted by Crippen LogP contribution is 2.31. The average molecular weight is 611 g/mol. The first-order valence-corrected chi connectivity index (χ1v) is 14.3. The van der Waals surface area contributed by atoms with Gasteiger partial charge in [0.1, 0.15) is 6.61 Å². The van der Waals surface area contributed by atoms with Crippen LogP contribution in [0.1, 0.15) is 48.2 Å². The summed E-state index contributed by atoms with van der Waals surface area (Å²) in [5.74, 6) is -4.15. The van der Waals surface area contributed by atoms with Crippen LogP contribution in [0.5, 0.6) is 11.5 Å². The molecule has 0 aliphatic heterocycles. The van der Waals surface area contributed by atoms with Gasteiger partial charge in [0.25, 0.3) is 5.91 Å². The van der Waals surface area contributed by atoms with Crippen LogP contribution in [0.15, 0.2) is 65.7 Å². The van der Waals surface area contributed by atoms with Gasteiger partial charge in [0, 0.05) is 29.3 Å². The van der Waals surface area contributed by atoms with E-state index in [1.807, 2.05) is 0 Å². The number of hydrogen-bond acceptors (Lipinski definition) is 5. The number of halogens is 4. The number of methoxy groups -OCH3 is 1. The number of carbonyl (C=O) groups excluding carboxylic acids is 2. The Bertz CT molecular complexity index is 1510. The zero-order chi connectivity index (χ0) is 31.8. The summed E-state index contributed by atoms with van der Waals surface area (Å²) in [6, 6.07) is 10.7. The standard InChI is InChI=1S/C34H34F4N2O4/c1-4-40(5-2)12-13-44-31-11-8-23(20-32(31)43-3)34(42)39-26-18-24(14-21-6-9-27(35)29(37)16-21)33(41)25(19-26)15-22-7-10-28(36)30(38)17-22/h6-11,14-17,20,26H,4-5,12-13,18-19H2,1-3H3,(H,39,42)/b24-14+,25-15+.